The lowest BCUT2D eigenvalue weighted by atomic mass is 10.2. The van der Waals surface area contributed by atoms with Crippen molar-refractivity contribution < 1.29 is 14.0 Å². The number of furan rings is 1. The molecule has 2 amide bonds. The smallest absolute Gasteiger partial charge is 0.291 e. The molecule has 0 unspecified atom stereocenters. The molecule has 6 nitrogen and oxygen atoms in total. The van der Waals surface area contributed by atoms with Crippen LogP contribution in [-0.4, -0.2) is 22.8 Å². The predicted molar refractivity (Wildman–Crippen MR) is 112 cm³/mol. The summed E-state index contributed by atoms with van der Waals surface area (Å²) in [4.78, 5) is 29.1. The van der Waals surface area contributed by atoms with Crippen molar-refractivity contribution in [2.45, 2.75) is 18.9 Å². The fraction of sp³-hybridized carbons (Fsp3) is 0.136. The van der Waals surface area contributed by atoms with Crippen molar-refractivity contribution in [1.82, 2.24) is 10.3 Å². The monoisotopic (exact) mass is 403 g/mol. The molecule has 29 heavy (non-hydrogen) atoms. The lowest BCUT2D eigenvalue weighted by molar-refractivity contribution is 0.0950. The number of nitrogens with one attached hydrogen (secondary N) is 2. The standard InChI is InChI=1S/C22H17N3O3S/c26-20(23-15-9-10-15)13-5-7-14(8-6-13)24-21(27)17-11-12-18(28-17)22-25-16-3-1-2-4-19(16)29-22/h1-8,11-12,15H,9-10H2,(H,23,26)(H,24,27). The Kier molecular flexibility index (Phi) is 4.37. The summed E-state index contributed by atoms with van der Waals surface area (Å²) in [5, 5.41) is 6.46. The van der Waals surface area contributed by atoms with Gasteiger partial charge in [0.25, 0.3) is 11.8 Å². The van der Waals surface area contributed by atoms with Gasteiger partial charge >= 0.3 is 0 Å². The first-order valence-corrected chi connectivity index (χ1v) is 10.2. The first kappa shape index (κ1) is 17.6. The second-order valence-corrected chi connectivity index (χ2v) is 7.96. The SMILES string of the molecule is O=C(NC1CC1)c1ccc(NC(=O)c2ccc(-c3nc4ccccc4s3)o2)cc1. The molecular weight excluding hydrogens is 386 g/mol. The largest absolute Gasteiger partial charge is 0.448 e. The molecule has 2 heterocycles. The van der Waals surface area contributed by atoms with Crippen molar-refractivity contribution in [1.29, 1.82) is 0 Å². The minimum atomic E-state index is -0.354. The molecule has 0 spiro atoms. The maximum atomic E-state index is 12.5. The third kappa shape index (κ3) is 3.77. The zero-order chi connectivity index (χ0) is 19.8. The number of benzene rings is 2. The van der Waals surface area contributed by atoms with Crippen molar-refractivity contribution in [2.75, 3.05) is 5.32 Å². The fourth-order valence-corrected chi connectivity index (χ4v) is 3.87. The Morgan fingerprint density at radius 3 is 2.52 bits per heavy atom. The first-order valence-electron chi connectivity index (χ1n) is 9.34. The molecule has 2 aromatic carbocycles. The maximum Gasteiger partial charge on any atom is 0.291 e. The molecule has 0 atom stereocenters. The summed E-state index contributed by atoms with van der Waals surface area (Å²) in [5.41, 5.74) is 2.07. The van der Waals surface area contributed by atoms with Gasteiger partial charge in [-0.25, -0.2) is 4.98 Å². The second kappa shape index (κ2) is 7.18. The van der Waals surface area contributed by atoms with E-state index in [2.05, 4.69) is 15.6 Å². The van der Waals surface area contributed by atoms with E-state index in [0.29, 0.717) is 23.1 Å². The van der Waals surface area contributed by atoms with Gasteiger partial charge in [-0.2, -0.15) is 0 Å². The number of carbonyl (C=O) groups excluding carboxylic acids is 2. The van der Waals surface area contributed by atoms with Gasteiger partial charge < -0.3 is 15.1 Å². The number of anilines is 1. The summed E-state index contributed by atoms with van der Waals surface area (Å²) >= 11 is 1.52. The number of fused-ring (bicyclic) bond motifs is 1. The van der Waals surface area contributed by atoms with E-state index in [0.717, 1.165) is 28.1 Å². The van der Waals surface area contributed by atoms with Gasteiger partial charge in [-0.3, -0.25) is 9.59 Å². The maximum absolute atomic E-state index is 12.5. The summed E-state index contributed by atoms with van der Waals surface area (Å²) in [6.07, 6.45) is 2.09. The molecule has 4 aromatic rings. The molecule has 1 fully saturated rings. The van der Waals surface area contributed by atoms with Crippen LogP contribution in [0.25, 0.3) is 21.0 Å². The molecule has 0 radical (unpaired) electrons. The third-order valence-electron chi connectivity index (χ3n) is 4.65. The highest BCUT2D eigenvalue weighted by molar-refractivity contribution is 7.21. The molecule has 0 bridgehead atoms. The number of para-hydroxylation sites is 1. The van der Waals surface area contributed by atoms with Crippen LogP contribution in [0.5, 0.6) is 0 Å². The molecule has 5 rings (SSSR count). The van der Waals surface area contributed by atoms with Crippen molar-refractivity contribution in [2.24, 2.45) is 0 Å². The van der Waals surface area contributed by atoms with Gasteiger partial charge in [0, 0.05) is 17.3 Å². The topological polar surface area (TPSA) is 84.2 Å². The number of rotatable bonds is 5. The quantitative estimate of drug-likeness (QED) is 0.506. The highest BCUT2D eigenvalue weighted by Gasteiger charge is 2.23. The Labute approximate surface area is 170 Å². The lowest BCUT2D eigenvalue weighted by Gasteiger charge is -2.06. The van der Waals surface area contributed by atoms with Crippen LogP contribution in [0.3, 0.4) is 0 Å². The molecule has 0 saturated heterocycles. The third-order valence-corrected chi connectivity index (χ3v) is 5.70. The van der Waals surface area contributed by atoms with Crippen molar-refractivity contribution >= 4 is 39.1 Å². The van der Waals surface area contributed by atoms with Crippen LogP contribution in [0.4, 0.5) is 5.69 Å². The first-order chi connectivity index (χ1) is 14.2. The van der Waals surface area contributed by atoms with Gasteiger partial charge in [-0.05, 0) is 61.4 Å². The number of carbonyl (C=O) groups is 2. The molecule has 1 saturated carbocycles. The number of nitrogens with zero attached hydrogens (tertiary/aromatic N) is 1. The summed E-state index contributed by atoms with van der Waals surface area (Å²) in [5.74, 6) is 0.322. The average Bonchev–Trinajstić information content (AvgIpc) is 3.24. The molecule has 7 heteroatoms. The van der Waals surface area contributed by atoms with Crippen LogP contribution in [0.2, 0.25) is 0 Å². The zero-order valence-electron chi connectivity index (χ0n) is 15.3. The van der Waals surface area contributed by atoms with Gasteiger partial charge in [0.05, 0.1) is 10.2 Å². The Hall–Kier alpha value is -3.45. The highest BCUT2D eigenvalue weighted by Crippen LogP contribution is 2.31. The van der Waals surface area contributed by atoms with Gasteiger partial charge in [0.1, 0.15) is 0 Å². The number of aromatic nitrogens is 1. The van der Waals surface area contributed by atoms with Gasteiger partial charge in [0.15, 0.2) is 16.5 Å². The minimum Gasteiger partial charge on any atom is -0.448 e. The van der Waals surface area contributed by atoms with Crippen LogP contribution >= 0.6 is 11.3 Å². The highest BCUT2D eigenvalue weighted by atomic mass is 32.1. The minimum absolute atomic E-state index is 0.0862. The lowest BCUT2D eigenvalue weighted by Crippen LogP contribution is -2.25. The van der Waals surface area contributed by atoms with E-state index in [1.165, 1.54) is 11.3 Å². The second-order valence-electron chi connectivity index (χ2n) is 6.93. The molecule has 1 aliphatic rings. The number of hydrogen-bond acceptors (Lipinski definition) is 5. The van der Waals surface area contributed by atoms with Crippen molar-refractivity contribution in [3.8, 4) is 10.8 Å². The van der Waals surface area contributed by atoms with Crippen LogP contribution in [0, 0.1) is 0 Å². The predicted octanol–water partition coefficient (Wildman–Crippen LogP) is 4.70. The fourth-order valence-electron chi connectivity index (χ4n) is 2.95. The van der Waals surface area contributed by atoms with E-state index in [-0.39, 0.29) is 17.6 Å². The van der Waals surface area contributed by atoms with E-state index in [4.69, 9.17) is 4.42 Å². The molecule has 2 N–H and O–H groups in total. The van der Waals surface area contributed by atoms with Crippen LogP contribution in [0.1, 0.15) is 33.8 Å². The van der Waals surface area contributed by atoms with Crippen LogP contribution in [-0.2, 0) is 0 Å². The molecule has 144 valence electrons. The number of hydrogen-bond donors (Lipinski definition) is 2. The van der Waals surface area contributed by atoms with Crippen molar-refractivity contribution in [3.05, 3.63) is 72.0 Å². The number of amides is 2. The Morgan fingerprint density at radius 2 is 1.76 bits per heavy atom. The number of thiazole rings is 1. The van der Waals surface area contributed by atoms with E-state index in [1.54, 1.807) is 36.4 Å². The molecule has 1 aliphatic carbocycles. The summed E-state index contributed by atoms with van der Waals surface area (Å²) in [7, 11) is 0. The van der Waals surface area contributed by atoms with Crippen LogP contribution < -0.4 is 10.6 Å². The van der Waals surface area contributed by atoms with Crippen LogP contribution in [0.15, 0.2) is 65.1 Å². The van der Waals surface area contributed by atoms with E-state index in [1.807, 2.05) is 24.3 Å². The molecular formula is C22H17N3O3S. The van der Waals surface area contributed by atoms with E-state index >= 15 is 0 Å². The van der Waals surface area contributed by atoms with Gasteiger partial charge in [-0.15, -0.1) is 11.3 Å². The van der Waals surface area contributed by atoms with E-state index < -0.39 is 0 Å². The van der Waals surface area contributed by atoms with Gasteiger partial charge in [0.2, 0.25) is 0 Å². The Balaban J connectivity index is 1.28. The zero-order valence-corrected chi connectivity index (χ0v) is 16.2. The van der Waals surface area contributed by atoms with Gasteiger partial charge in [-0.1, -0.05) is 12.1 Å². The molecule has 2 aromatic heterocycles. The Bertz CT molecular complexity index is 1170. The normalized spacial score (nSPS) is 13.4. The summed E-state index contributed by atoms with van der Waals surface area (Å²) in [6.45, 7) is 0. The summed E-state index contributed by atoms with van der Waals surface area (Å²) < 4.78 is 6.78. The molecule has 0 aliphatic heterocycles. The summed E-state index contributed by atoms with van der Waals surface area (Å²) in [6, 6.07) is 18.3. The van der Waals surface area contributed by atoms with Crippen molar-refractivity contribution in [3.63, 3.8) is 0 Å². The average molecular weight is 403 g/mol. The Morgan fingerprint density at radius 1 is 0.966 bits per heavy atom. The van der Waals surface area contributed by atoms with E-state index in [9.17, 15) is 9.59 Å².